The Labute approximate surface area is 187 Å². The normalized spacial score (nSPS) is 12.1. The molecule has 3 nitrogen and oxygen atoms in total. The van der Waals surface area contributed by atoms with Gasteiger partial charge in [0.05, 0.1) is 0 Å². The molecule has 0 spiro atoms. The zero-order valence-corrected chi connectivity index (χ0v) is 19.0. The van der Waals surface area contributed by atoms with Crippen molar-refractivity contribution in [2.75, 3.05) is 6.16 Å². The van der Waals surface area contributed by atoms with Crippen LogP contribution in [0.1, 0.15) is 61.6 Å². The molecular formula is C27H34O3P+. The third-order valence-corrected chi connectivity index (χ3v) is 6.98. The van der Waals surface area contributed by atoms with Gasteiger partial charge in [0.2, 0.25) is 0 Å². The van der Waals surface area contributed by atoms with E-state index in [0.29, 0.717) is 6.42 Å². The van der Waals surface area contributed by atoms with Crippen molar-refractivity contribution in [1.82, 2.24) is 0 Å². The van der Waals surface area contributed by atoms with Crippen molar-refractivity contribution in [3.05, 3.63) is 108 Å². The van der Waals surface area contributed by atoms with Gasteiger partial charge in [0.15, 0.2) is 0 Å². The molecule has 3 rings (SSSR count). The highest BCUT2D eigenvalue weighted by Gasteiger charge is 2.35. The Morgan fingerprint density at radius 1 is 0.484 bits per heavy atom. The molecule has 164 valence electrons. The molecule has 0 atom stereocenters. The lowest BCUT2D eigenvalue weighted by Gasteiger charge is -2.36. The molecular weight excluding hydrogens is 403 g/mol. The Hall–Kier alpha value is -2.03. The van der Waals surface area contributed by atoms with Gasteiger partial charge in [-0.1, -0.05) is 117 Å². The fourth-order valence-electron chi connectivity index (χ4n) is 4.52. The first-order valence-corrected chi connectivity index (χ1v) is 13.1. The number of benzene rings is 3. The predicted octanol–water partition coefficient (Wildman–Crippen LogP) is 6.49. The van der Waals surface area contributed by atoms with Crippen LogP contribution >= 0.6 is 7.94 Å². The largest absolute Gasteiger partial charge is 0.403 e. The molecule has 0 amide bonds. The highest BCUT2D eigenvalue weighted by molar-refractivity contribution is 7.58. The average molecular weight is 438 g/mol. The molecule has 0 aliphatic carbocycles. The molecule has 0 bridgehead atoms. The van der Waals surface area contributed by atoms with Crippen molar-refractivity contribution in [1.29, 1.82) is 0 Å². The van der Waals surface area contributed by atoms with E-state index >= 15 is 0 Å². The van der Waals surface area contributed by atoms with E-state index in [2.05, 4.69) is 91.0 Å². The van der Waals surface area contributed by atoms with Crippen LogP contribution in [0.2, 0.25) is 0 Å². The van der Waals surface area contributed by atoms with Gasteiger partial charge in [-0.2, -0.15) is 14.7 Å². The van der Waals surface area contributed by atoms with Crippen LogP contribution in [0.3, 0.4) is 0 Å². The van der Waals surface area contributed by atoms with Crippen LogP contribution in [0.15, 0.2) is 91.0 Å². The van der Waals surface area contributed by atoms with E-state index in [1.54, 1.807) is 0 Å². The summed E-state index contributed by atoms with van der Waals surface area (Å²) in [6, 6.07) is 32.5. The van der Waals surface area contributed by atoms with Gasteiger partial charge in [-0.05, 0) is 36.0 Å². The number of hydrogen-bond donors (Lipinski definition) is 3. The molecule has 4 heteroatoms. The van der Waals surface area contributed by atoms with Crippen LogP contribution in [0, 0.1) is 0 Å². The van der Waals surface area contributed by atoms with Gasteiger partial charge in [0.25, 0.3) is 0 Å². The van der Waals surface area contributed by atoms with Crippen molar-refractivity contribution < 1.29 is 14.7 Å². The van der Waals surface area contributed by atoms with Gasteiger partial charge in [-0.3, -0.25) is 0 Å². The zero-order chi connectivity index (χ0) is 22.0. The smallest absolute Gasteiger partial charge is 0.193 e. The van der Waals surface area contributed by atoms with Crippen LogP contribution in [0.4, 0.5) is 0 Å². The molecule has 3 aromatic carbocycles. The molecule has 31 heavy (non-hydrogen) atoms. The number of unbranched alkanes of at least 4 members (excludes halogenated alkanes) is 5. The Bertz CT molecular complexity index is 780. The standard InChI is InChI=1S/C27H34O3P/c28-31(29,30)23-15-4-2-1-3-14-22-27(24-16-8-5-9-17-24,25-18-10-6-11-19-25)26-20-12-7-13-21-26/h5-13,16-21,28-30H,1-4,14-15,22-23H2/q+1. The maximum atomic E-state index is 9.09. The molecule has 3 N–H and O–H groups in total. The molecule has 0 saturated heterocycles. The second kappa shape index (κ2) is 11.5. The Kier molecular flexibility index (Phi) is 8.80. The minimum atomic E-state index is -3.60. The quantitative estimate of drug-likeness (QED) is 0.172. The molecule has 0 aliphatic heterocycles. The Morgan fingerprint density at radius 2 is 0.839 bits per heavy atom. The van der Waals surface area contributed by atoms with Crippen LogP contribution in [0.25, 0.3) is 0 Å². The first kappa shape index (κ1) is 23.6. The lowest BCUT2D eigenvalue weighted by Crippen LogP contribution is -2.29. The van der Waals surface area contributed by atoms with E-state index in [1.165, 1.54) is 16.7 Å². The van der Waals surface area contributed by atoms with Crippen LogP contribution in [-0.2, 0) is 5.41 Å². The first-order valence-electron chi connectivity index (χ1n) is 11.3. The maximum absolute atomic E-state index is 9.09. The number of rotatable bonds is 12. The van der Waals surface area contributed by atoms with E-state index in [9.17, 15) is 0 Å². The topological polar surface area (TPSA) is 60.7 Å². The summed E-state index contributed by atoms with van der Waals surface area (Å²) >= 11 is 0. The summed E-state index contributed by atoms with van der Waals surface area (Å²) in [5, 5.41) is 0. The summed E-state index contributed by atoms with van der Waals surface area (Å²) in [7, 11) is -3.60. The van der Waals surface area contributed by atoms with Gasteiger partial charge in [0, 0.05) is 5.41 Å². The molecule has 0 aliphatic rings. The van der Waals surface area contributed by atoms with E-state index in [4.69, 9.17) is 14.7 Å². The summed E-state index contributed by atoms with van der Waals surface area (Å²) in [6.45, 7) is 0. The van der Waals surface area contributed by atoms with Crippen LogP contribution in [0.5, 0.6) is 0 Å². The van der Waals surface area contributed by atoms with Crippen molar-refractivity contribution in [2.24, 2.45) is 0 Å². The molecule has 0 heterocycles. The average Bonchev–Trinajstić information content (AvgIpc) is 2.79. The number of hydrogen-bond acceptors (Lipinski definition) is 3. The van der Waals surface area contributed by atoms with Crippen molar-refractivity contribution >= 4 is 7.94 Å². The van der Waals surface area contributed by atoms with E-state index < -0.39 is 7.94 Å². The molecule has 0 aromatic heterocycles. The Balaban J connectivity index is 1.74. The monoisotopic (exact) mass is 437 g/mol. The fourth-order valence-corrected chi connectivity index (χ4v) is 5.17. The fraction of sp³-hybridized carbons (Fsp3) is 0.333. The lowest BCUT2D eigenvalue weighted by molar-refractivity contribution is 0.328. The minimum absolute atomic E-state index is 0.117. The van der Waals surface area contributed by atoms with E-state index in [1.807, 2.05) is 0 Å². The molecule has 0 fully saturated rings. The van der Waals surface area contributed by atoms with Crippen molar-refractivity contribution in [3.8, 4) is 0 Å². The summed E-state index contributed by atoms with van der Waals surface area (Å²) in [5.74, 6) is 0. The SMILES string of the molecule is O[P+](O)(O)CCCCCCCCC(c1ccccc1)(c1ccccc1)c1ccccc1. The molecule has 0 unspecified atom stereocenters. The second-order valence-electron chi connectivity index (χ2n) is 8.29. The van der Waals surface area contributed by atoms with Gasteiger partial charge in [-0.25, -0.2) is 0 Å². The van der Waals surface area contributed by atoms with E-state index in [0.717, 1.165) is 38.5 Å². The van der Waals surface area contributed by atoms with Gasteiger partial charge < -0.3 is 0 Å². The summed E-state index contributed by atoms with van der Waals surface area (Å²) in [5.41, 5.74) is 3.78. The maximum Gasteiger partial charge on any atom is 0.403 e. The lowest BCUT2D eigenvalue weighted by atomic mass is 9.66. The molecule has 3 aromatic rings. The van der Waals surface area contributed by atoms with E-state index in [-0.39, 0.29) is 11.6 Å². The van der Waals surface area contributed by atoms with Gasteiger partial charge >= 0.3 is 7.94 Å². The van der Waals surface area contributed by atoms with Crippen molar-refractivity contribution in [2.45, 2.75) is 50.4 Å². The highest BCUT2D eigenvalue weighted by Crippen LogP contribution is 2.45. The summed E-state index contributed by atoms with van der Waals surface area (Å²) in [4.78, 5) is 27.3. The Morgan fingerprint density at radius 3 is 1.23 bits per heavy atom. The molecule has 0 radical (unpaired) electrons. The van der Waals surface area contributed by atoms with Gasteiger partial charge in [-0.15, -0.1) is 0 Å². The van der Waals surface area contributed by atoms with Gasteiger partial charge in [0.1, 0.15) is 6.16 Å². The zero-order valence-electron chi connectivity index (χ0n) is 18.1. The second-order valence-corrected chi connectivity index (χ2v) is 10.1. The van der Waals surface area contributed by atoms with Crippen LogP contribution < -0.4 is 0 Å². The predicted molar refractivity (Wildman–Crippen MR) is 130 cm³/mol. The van der Waals surface area contributed by atoms with Crippen molar-refractivity contribution in [3.63, 3.8) is 0 Å². The third-order valence-electron chi connectivity index (χ3n) is 6.06. The third kappa shape index (κ3) is 6.72. The first-order chi connectivity index (χ1) is 15.0. The van der Waals surface area contributed by atoms with Crippen LogP contribution in [-0.4, -0.2) is 20.8 Å². The highest BCUT2D eigenvalue weighted by atomic mass is 31.2. The summed E-state index contributed by atoms with van der Waals surface area (Å²) in [6.07, 6.45) is 7.14. The minimum Gasteiger partial charge on any atom is -0.193 e. The molecule has 0 saturated carbocycles. The summed E-state index contributed by atoms with van der Waals surface area (Å²) < 4.78 is 0.